The molecule has 0 amide bonds. The van der Waals surface area contributed by atoms with E-state index in [9.17, 15) is 13.5 Å². The topological polar surface area (TPSA) is 85.1 Å². The number of aromatic nitrogens is 3. The quantitative estimate of drug-likeness (QED) is 0.844. The van der Waals surface area contributed by atoms with Crippen LogP contribution >= 0.6 is 0 Å². The average Bonchev–Trinajstić information content (AvgIpc) is 2.79. The second kappa shape index (κ2) is 4.31. The first-order valence-electron chi connectivity index (χ1n) is 6.00. The summed E-state index contributed by atoms with van der Waals surface area (Å²) >= 11 is 0. The van der Waals surface area contributed by atoms with Crippen molar-refractivity contribution in [3.63, 3.8) is 0 Å². The van der Waals surface area contributed by atoms with Gasteiger partial charge in [-0.1, -0.05) is 0 Å². The molecule has 1 N–H and O–H groups in total. The Hall–Kier alpha value is -0.950. The molecule has 1 unspecified atom stereocenters. The molecule has 1 aromatic heterocycles. The zero-order valence-corrected chi connectivity index (χ0v) is 11.7. The minimum atomic E-state index is -2.95. The van der Waals surface area contributed by atoms with Crippen LogP contribution in [0.25, 0.3) is 0 Å². The first-order valence-corrected chi connectivity index (χ1v) is 7.83. The fourth-order valence-corrected chi connectivity index (χ4v) is 4.17. The van der Waals surface area contributed by atoms with Crippen molar-refractivity contribution in [2.24, 2.45) is 0 Å². The average molecular weight is 273 g/mol. The first kappa shape index (κ1) is 13.5. The Kier molecular flexibility index (Phi) is 3.23. The minimum absolute atomic E-state index is 0.109. The van der Waals surface area contributed by atoms with Crippen molar-refractivity contribution in [1.29, 1.82) is 0 Å². The van der Waals surface area contributed by atoms with E-state index in [4.69, 9.17) is 0 Å². The Labute approximate surface area is 107 Å². The second-order valence-corrected chi connectivity index (χ2v) is 7.97. The maximum atomic E-state index is 11.5. The maximum absolute atomic E-state index is 11.5. The Bertz CT molecular complexity index is 542. The Balaban J connectivity index is 2.44. The van der Waals surface area contributed by atoms with Gasteiger partial charge < -0.3 is 9.67 Å². The molecule has 18 heavy (non-hydrogen) atoms. The molecule has 7 heteroatoms. The summed E-state index contributed by atoms with van der Waals surface area (Å²) in [5.41, 5.74) is -0.275. The molecule has 1 fully saturated rings. The largest absolute Gasteiger partial charge is 0.388 e. The minimum Gasteiger partial charge on any atom is -0.388 e. The van der Waals surface area contributed by atoms with E-state index in [0.717, 1.165) is 0 Å². The van der Waals surface area contributed by atoms with Crippen molar-refractivity contribution in [3.05, 3.63) is 11.6 Å². The van der Waals surface area contributed by atoms with Gasteiger partial charge in [0.2, 0.25) is 0 Å². The van der Waals surface area contributed by atoms with Crippen molar-refractivity contribution in [1.82, 2.24) is 14.8 Å². The van der Waals surface area contributed by atoms with Crippen LogP contribution in [0.5, 0.6) is 0 Å². The highest BCUT2D eigenvalue weighted by molar-refractivity contribution is 7.91. The van der Waals surface area contributed by atoms with Crippen molar-refractivity contribution in [2.75, 3.05) is 11.5 Å². The zero-order chi connectivity index (χ0) is 13.6. The van der Waals surface area contributed by atoms with Gasteiger partial charge in [-0.2, -0.15) is 0 Å². The molecule has 0 aliphatic carbocycles. The predicted molar refractivity (Wildman–Crippen MR) is 67.0 cm³/mol. The number of aliphatic hydroxyl groups is 1. The highest BCUT2D eigenvalue weighted by atomic mass is 32.2. The van der Waals surface area contributed by atoms with Crippen molar-refractivity contribution in [2.45, 2.75) is 45.3 Å². The van der Waals surface area contributed by atoms with Crippen LogP contribution in [-0.2, 0) is 22.0 Å². The van der Waals surface area contributed by atoms with E-state index in [1.54, 1.807) is 0 Å². The lowest BCUT2D eigenvalue weighted by Crippen LogP contribution is -2.28. The number of rotatable bonds is 2. The molecule has 1 aliphatic rings. The summed E-state index contributed by atoms with van der Waals surface area (Å²) in [7, 11) is -2.95. The molecule has 2 heterocycles. The third-order valence-corrected chi connectivity index (χ3v) is 4.93. The van der Waals surface area contributed by atoms with Crippen LogP contribution in [0.2, 0.25) is 0 Å². The summed E-state index contributed by atoms with van der Waals surface area (Å²) in [6, 6.07) is 0. The van der Waals surface area contributed by atoms with Gasteiger partial charge in [0.05, 0.1) is 11.5 Å². The van der Waals surface area contributed by atoms with E-state index >= 15 is 0 Å². The summed E-state index contributed by atoms with van der Waals surface area (Å²) in [5, 5.41) is 17.4. The number of aliphatic hydroxyl groups excluding tert-OH is 1. The molecule has 2 rings (SSSR count). The molecule has 0 aromatic carbocycles. The van der Waals surface area contributed by atoms with Gasteiger partial charge in [-0.15, -0.1) is 10.2 Å². The third kappa shape index (κ3) is 2.42. The van der Waals surface area contributed by atoms with E-state index < -0.39 is 9.84 Å². The van der Waals surface area contributed by atoms with E-state index in [1.807, 2.05) is 25.3 Å². The van der Waals surface area contributed by atoms with Gasteiger partial charge in [0, 0.05) is 11.5 Å². The molecule has 1 atom stereocenters. The zero-order valence-electron chi connectivity index (χ0n) is 10.9. The summed E-state index contributed by atoms with van der Waals surface area (Å²) < 4.78 is 24.9. The molecule has 0 spiro atoms. The van der Waals surface area contributed by atoms with Gasteiger partial charge >= 0.3 is 0 Å². The smallest absolute Gasteiger partial charge is 0.159 e. The number of hydrogen-bond donors (Lipinski definition) is 1. The van der Waals surface area contributed by atoms with Crippen molar-refractivity contribution >= 4 is 9.84 Å². The standard InChI is InChI=1S/C11H19N3O3S/c1-11(2,3)14-9(6-15)12-13-10(14)8-4-5-18(16,17)7-8/h8,15H,4-7H2,1-3H3. The van der Waals surface area contributed by atoms with Crippen LogP contribution < -0.4 is 0 Å². The lowest BCUT2D eigenvalue weighted by atomic mass is 10.0. The monoisotopic (exact) mass is 273 g/mol. The van der Waals surface area contributed by atoms with Crippen LogP contribution in [-0.4, -0.2) is 39.8 Å². The van der Waals surface area contributed by atoms with E-state index in [0.29, 0.717) is 18.1 Å². The van der Waals surface area contributed by atoms with E-state index in [2.05, 4.69) is 10.2 Å². The van der Waals surface area contributed by atoms with Crippen LogP contribution in [0.15, 0.2) is 0 Å². The first-order chi connectivity index (χ1) is 8.24. The van der Waals surface area contributed by atoms with Gasteiger partial charge in [-0.3, -0.25) is 0 Å². The molecule has 6 nitrogen and oxygen atoms in total. The van der Waals surface area contributed by atoms with Gasteiger partial charge in [-0.25, -0.2) is 8.42 Å². The van der Waals surface area contributed by atoms with Gasteiger partial charge in [0.15, 0.2) is 15.7 Å². The Morgan fingerprint density at radius 3 is 2.50 bits per heavy atom. The fraction of sp³-hybridized carbons (Fsp3) is 0.818. The van der Waals surface area contributed by atoms with Crippen LogP contribution in [0.4, 0.5) is 0 Å². The van der Waals surface area contributed by atoms with Crippen LogP contribution in [0.1, 0.15) is 44.8 Å². The van der Waals surface area contributed by atoms with Crippen molar-refractivity contribution in [3.8, 4) is 0 Å². The molecule has 102 valence electrons. The summed E-state index contributed by atoms with van der Waals surface area (Å²) in [6.45, 7) is 5.77. The normalized spacial score (nSPS) is 23.4. The van der Waals surface area contributed by atoms with Gasteiger partial charge in [0.1, 0.15) is 12.4 Å². The lowest BCUT2D eigenvalue weighted by Gasteiger charge is -2.26. The second-order valence-electron chi connectivity index (χ2n) is 5.74. The van der Waals surface area contributed by atoms with Crippen molar-refractivity contribution < 1.29 is 13.5 Å². The molecule has 1 aromatic rings. The van der Waals surface area contributed by atoms with Gasteiger partial charge in [-0.05, 0) is 27.2 Å². The number of nitrogens with zero attached hydrogens (tertiary/aromatic N) is 3. The molecule has 0 bridgehead atoms. The summed E-state index contributed by atoms with van der Waals surface area (Å²) in [4.78, 5) is 0. The van der Waals surface area contributed by atoms with Gasteiger partial charge in [0.25, 0.3) is 0 Å². The Morgan fingerprint density at radius 2 is 2.06 bits per heavy atom. The van der Waals surface area contributed by atoms with E-state index in [-0.39, 0.29) is 29.6 Å². The molecule has 1 aliphatic heterocycles. The SMILES string of the molecule is CC(C)(C)n1c(CO)nnc1C1CCS(=O)(=O)C1. The molecular weight excluding hydrogens is 254 g/mol. The van der Waals surface area contributed by atoms with Crippen LogP contribution in [0, 0.1) is 0 Å². The molecule has 0 radical (unpaired) electrons. The fourth-order valence-electron chi connectivity index (χ4n) is 2.43. The number of hydrogen-bond acceptors (Lipinski definition) is 5. The molecular formula is C11H19N3O3S. The maximum Gasteiger partial charge on any atom is 0.159 e. The summed E-state index contributed by atoms with van der Waals surface area (Å²) in [5.74, 6) is 1.40. The summed E-state index contributed by atoms with van der Waals surface area (Å²) in [6.07, 6.45) is 0.585. The highest BCUT2D eigenvalue weighted by Gasteiger charge is 2.35. The highest BCUT2D eigenvalue weighted by Crippen LogP contribution is 2.31. The third-order valence-electron chi connectivity index (χ3n) is 3.16. The van der Waals surface area contributed by atoms with E-state index in [1.165, 1.54) is 0 Å². The lowest BCUT2D eigenvalue weighted by molar-refractivity contribution is 0.247. The predicted octanol–water partition coefficient (Wildman–Crippen LogP) is 0.428. The molecule has 0 saturated carbocycles. The Morgan fingerprint density at radius 1 is 1.39 bits per heavy atom. The number of sulfone groups is 1. The van der Waals surface area contributed by atoms with Crippen LogP contribution in [0.3, 0.4) is 0 Å². The molecule has 1 saturated heterocycles.